The maximum atomic E-state index is 10.3. The molecule has 2 saturated heterocycles. The summed E-state index contributed by atoms with van der Waals surface area (Å²) in [7, 11) is 0. The topological polar surface area (TPSA) is 71.6 Å². The van der Waals surface area contributed by atoms with E-state index >= 15 is 0 Å². The van der Waals surface area contributed by atoms with Crippen molar-refractivity contribution in [2.24, 2.45) is 0 Å². The molecule has 4 rings (SSSR count). The van der Waals surface area contributed by atoms with E-state index < -0.39 is 0 Å². The first-order chi connectivity index (χ1) is 11.3. The van der Waals surface area contributed by atoms with E-state index in [2.05, 4.69) is 15.0 Å². The molecule has 2 aliphatic heterocycles. The lowest BCUT2D eigenvalue weighted by molar-refractivity contribution is -0.177. The standard InChI is InChI=1S/C17H27N3O3/c21-14-6-3-11-22-17(14)7-9-20(10-8-17)12-15-18-16(23-19-15)13-4-1-2-5-13/h13-14,21H,1-12H2/t14-/m1/s1. The van der Waals surface area contributed by atoms with Gasteiger partial charge in [0.1, 0.15) is 0 Å². The van der Waals surface area contributed by atoms with Crippen molar-refractivity contribution in [2.75, 3.05) is 19.7 Å². The van der Waals surface area contributed by atoms with Crippen molar-refractivity contribution in [1.82, 2.24) is 15.0 Å². The van der Waals surface area contributed by atoms with Gasteiger partial charge in [0.25, 0.3) is 0 Å². The number of likely N-dealkylation sites (tertiary alicyclic amines) is 1. The Morgan fingerprint density at radius 2 is 1.91 bits per heavy atom. The zero-order valence-electron chi connectivity index (χ0n) is 13.7. The van der Waals surface area contributed by atoms with Crippen LogP contribution in [0.15, 0.2) is 4.52 Å². The van der Waals surface area contributed by atoms with E-state index in [0.717, 1.165) is 63.6 Å². The highest BCUT2D eigenvalue weighted by molar-refractivity contribution is 4.99. The smallest absolute Gasteiger partial charge is 0.229 e. The van der Waals surface area contributed by atoms with Crippen LogP contribution in [0.5, 0.6) is 0 Å². The molecule has 1 aliphatic carbocycles. The molecule has 1 aromatic rings. The van der Waals surface area contributed by atoms with E-state index in [9.17, 15) is 5.11 Å². The second-order valence-electron chi connectivity index (χ2n) is 7.38. The summed E-state index contributed by atoms with van der Waals surface area (Å²) in [5, 5.41) is 14.5. The molecule has 128 valence electrons. The Labute approximate surface area is 137 Å². The summed E-state index contributed by atoms with van der Waals surface area (Å²) in [6.07, 6.45) is 8.24. The van der Waals surface area contributed by atoms with Crippen molar-refractivity contribution in [2.45, 2.75) is 75.5 Å². The second kappa shape index (κ2) is 6.49. The van der Waals surface area contributed by atoms with Crippen LogP contribution in [-0.2, 0) is 11.3 Å². The molecule has 0 amide bonds. The molecule has 0 bridgehead atoms. The number of ether oxygens (including phenoxy) is 1. The predicted octanol–water partition coefficient (Wildman–Crippen LogP) is 2.23. The maximum Gasteiger partial charge on any atom is 0.229 e. The highest BCUT2D eigenvalue weighted by Crippen LogP contribution is 2.36. The Morgan fingerprint density at radius 1 is 1.13 bits per heavy atom. The summed E-state index contributed by atoms with van der Waals surface area (Å²) < 4.78 is 11.4. The minimum absolute atomic E-state index is 0.305. The van der Waals surface area contributed by atoms with Gasteiger partial charge in [0, 0.05) is 25.6 Å². The van der Waals surface area contributed by atoms with Crippen LogP contribution in [0.4, 0.5) is 0 Å². The van der Waals surface area contributed by atoms with E-state index in [0.29, 0.717) is 5.92 Å². The Bertz CT molecular complexity index is 519. The third kappa shape index (κ3) is 3.16. The van der Waals surface area contributed by atoms with Gasteiger partial charge < -0.3 is 14.4 Å². The molecule has 3 aliphatic rings. The van der Waals surface area contributed by atoms with Crippen LogP contribution in [0.1, 0.15) is 69.0 Å². The lowest BCUT2D eigenvalue weighted by atomic mass is 9.82. The van der Waals surface area contributed by atoms with Gasteiger partial charge in [-0.3, -0.25) is 4.90 Å². The van der Waals surface area contributed by atoms with Crippen LogP contribution in [0.2, 0.25) is 0 Å². The number of piperidine rings is 1. The molecule has 3 heterocycles. The van der Waals surface area contributed by atoms with Gasteiger partial charge in [-0.15, -0.1) is 0 Å². The molecule has 1 saturated carbocycles. The third-order valence-corrected chi connectivity index (χ3v) is 5.87. The number of hydrogen-bond donors (Lipinski definition) is 1. The van der Waals surface area contributed by atoms with Gasteiger partial charge in [-0.1, -0.05) is 18.0 Å². The minimum Gasteiger partial charge on any atom is -0.390 e. The first kappa shape index (κ1) is 15.5. The van der Waals surface area contributed by atoms with E-state index in [1.54, 1.807) is 0 Å². The fraction of sp³-hybridized carbons (Fsp3) is 0.882. The van der Waals surface area contributed by atoms with Gasteiger partial charge in [0.2, 0.25) is 5.89 Å². The maximum absolute atomic E-state index is 10.3. The normalized spacial score (nSPS) is 29.3. The molecule has 0 aromatic carbocycles. The van der Waals surface area contributed by atoms with Crippen LogP contribution >= 0.6 is 0 Å². The van der Waals surface area contributed by atoms with Crippen molar-refractivity contribution in [3.8, 4) is 0 Å². The van der Waals surface area contributed by atoms with E-state index in [-0.39, 0.29) is 11.7 Å². The van der Waals surface area contributed by atoms with Crippen LogP contribution in [-0.4, -0.2) is 51.5 Å². The number of aromatic nitrogens is 2. The van der Waals surface area contributed by atoms with Crippen LogP contribution in [0.3, 0.4) is 0 Å². The quantitative estimate of drug-likeness (QED) is 0.920. The molecule has 6 nitrogen and oxygen atoms in total. The third-order valence-electron chi connectivity index (χ3n) is 5.87. The average Bonchev–Trinajstić information content (AvgIpc) is 3.24. The number of hydrogen-bond acceptors (Lipinski definition) is 6. The predicted molar refractivity (Wildman–Crippen MR) is 83.9 cm³/mol. The summed E-state index contributed by atoms with van der Waals surface area (Å²) >= 11 is 0. The Morgan fingerprint density at radius 3 is 2.65 bits per heavy atom. The second-order valence-corrected chi connectivity index (χ2v) is 7.38. The summed E-state index contributed by atoms with van der Waals surface area (Å²) in [4.78, 5) is 6.95. The molecule has 6 heteroatoms. The van der Waals surface area contributed by atoms with Crippen LogP contribution < -0.4 is 0 Å². The number of aliphatic hydroxyl groups excluding tert-OH is 1. The number of rotatable bonds is 3. The van der Waals surface area contributed by atoms with Crippen molar-refractivity contribution < 1.29 is 14.4 Å². The first-order valence-corrected chi connectivity index (χ1v) is 9.12. The Balaban J connectivity index is 1.32. The zero-order chi connectivity index (χ0) is 15.7. The fourth-order valence-electron chi connectivity index (χ4n) is 4.35. The average molecular weight is 321 g/mol. The van der Waals surface area contributed by atoms with E-state index in [4.69, 9.17) is 9.26 Å². The number of aliphatic hydroxyl groups is 1. The Hall–Kier alpha value is -0.980. The van der Waals surface area contributed by atoms with Crippen molar-refractivity contribution in [3.05, 3.63) is 11.7 Å². The van der Waals surface area contributed by atoms with Gasteiger partial charge in [-0.05, 0) is 38.5 Å². The monoisotopic (exact) mass is 321 g/mol. The molecule has 23 heavy (non-hydrogen) atoms. The number of nitrogens with zero attached hydrogens (tertiary/aromatic N) is 3. The molecule has 1 atom stereocenters. The van der Waals surface area contributed by atoms with Gasteiger partial charge in [0.15, 0.2) is 5.82 Å². The molecule has 3 fully saturated rings. The van der Waals surface area contributed by atoms with Gasteiger partial charge >= 0.3 is 0 Å². The SMILES string of the molecule is O[C@@H]1CCCOC12CCN(Cc1noc(C3CCCC3)n1)CC2. The van der Waals surface area contributed by atoms with Crippen molar-refractivity contribution in [1.29, 1.82) is 0 Å². The fourth-order valence-corrected chi connectivity index (χ4v) is 4.35. The molecule has 0 unspecified atom stereocenters. The first-order valence-electron chi connectivity index (χ1n) is 9.12. The van der Waals surface area contributed by atoms with E-state index in [1.165, 1.54) is 25.7 Å². The Kier molecular flexibility index (Phi) is 4.39. The molecule has 0 radical (unpaired) electrons. The molecule has 1 N–H and O–H groups in total. The molecule has 1 spiro atoms. The summed E-state index contributed by atoms with van der Waals surface area (Å²) in [5.41, 5.74) is -0.305. The van der Waals surface area contributed by atoms with Gasteiger partial charge in [0.05, 0.1) is 18.2 Å². The molecular weight excluding hydrogens is 294 g/mol. The highest BCUT2D eigenvalue weighted by Gasteiger charge is 2.43. The van der Waals surface area contributed by atoms with Crippen molar-refractivity contribution >= 4 is 0 Å². The van der Waals surface area contributed by atoms with Crippen molar-refractivity contribution in [3.63, 3.8) is 0 Å². The largest absolute Gasteiger partial charge is 0.390 e. The molecule has 1 aromatic heterocycles. The van der Waals surface area contributed by atoms with Crippen LogP contribution in [0.25, 0.3) is 0 Å². The van der Waals surface area contributed by atoms with E-state index in [1.807, 2.05) is 0 Å². The summed E-state index contributed by atoms with van der Waals surface area (Å²) in [6.45, 7) is 3.36. The van der Waals surface area contributed by atoms with Gasteiger partial charge in [-0.25, -0.2) is 0 Å². The lowest BCUT2D eigenvalue weighted by Gasteiger charge is -2.46. The highest BCUT2D eigenvalue weighted by atomic mass is 16.5. The molecular formula is C17H27N3O3. The van der Waals surface area contributed by atoms with Gasteiger partial charge in [-0.2, -0.15) is 4.98 Å². The van der Waals surface area contributed by atoms with Crippen LogP contribution in [0, 0.1) is 0 Å². The zero-order valence-corrected chi connectivity index (χ0v) is 13.7. The summed E-state index contributed by atoms with van der Waals surface area (Å²) in [5.74, 6) is 2.11. The summed E-state index contributed by atoms with van der Waals surface area (Å²) in [6, 6.07) is 0. The lowest BCUT2D eigenvalue weighted by Crippen LogP contribution is -2.55. The minimum atomic E-state index is -0.308.